The van der Waals surface area contributed by atoms with E-state index >= 15 is 0 Å². The van der Waals surface area contributed by atoms with E-state index in [1.54, 1.807) is 19.1 Å². The molecule has 2 atom stereocenters. The number of aryl methyl sites for hydroxylation is 1. The molecule has 0 saturated carbocycles. The van der Waals surface area contributed by atoms with Crippen LogP contribution in [0.15, 0.2) is 18.2 Å². The van der Waals surface area contributed by atoms with Gasteiger partial charge in [0.15, 0.2) is 6.10 Å². The van der Waals surface area contributed by atoms with Crippen LogP contribution in [-0.2, 0) is 4.79 Å². The van der Waals surface area contributed by atoms with Gasteiger partial charge < -0.3 is 15.4 Å². The molecule has 4 nitrogen and oxygen atoms in total. The second-order valence-electron chi connectivity index (χ2n) is 5.59. The molecule has 0 bridgehead atoms. The van der Waals surface area contributed by atoms with E-state index in [1.165, 1.54) is 0 Å². The summed E-state index contributed by atoms with van der Waals surface area (Å²) in [4.78, 5) is 14.4. The number of nitrogens with zero attached hydrogens (tertiary/aromatic N) is 1. The minimum Gasteiger partial charge on any atom is -0.481 e. The summed E-state index contributed by atoms with van der Waals surface area (Å²) in [5.74, 6) is 0.678. The first-order valence-corrected chi connectivity index (χ1v) is 7.84. The lowest BCUT2D eigenvalue weighted by atomic mass is 10.0. The van der Waals surface area contributed by atoms with Gasteiger partial charge in [0.05, 0.1) is 0 Å². The Balaban J connectivity index is 0.00000242. The van der Waals surface area contributed by atoms with Gasteiger partial charge in [0, 0.05) is 24.2 Å². The highest BCUT2D eigenvalue weighted by atomic mass is 35.5. The first-order chi connectivity index (χ1) is 10.0. The summed E-state index contributed by atoms with van der Waals surface area (Å²) in [6, 6.07) is 5.56. The smallest absolute Gasteiger partial charge is 0.263 e. The summed E-state index contributed by atoms with van der Waals surface area (Å²) in [6.45, 7) is 4.98. The van der Waals surface area contributed by atoms with Gasteiger partial charge in [0.25, 0.3) is 5.91 Å². The number of halogens is 2. The fourth-order valence-electron chi connectivity index (χ4n) is 2.71. The van der Waals surface area contributed by atoms with E-state index in [2.05, 4.69) is 0 Å². The summed E-state index contributed by atoms with van der Waals surface area (Å²) in [5, 5.41) is 0.695. The molecule has 6 heteroatoms. The third-order valence-corrected chi connectivity index (χ3v) is 4.40. The number of carbonyl (C=O) groups excluding carboxylic acids is 1. The van der Waals surface area contributed by atoms with Crippen molar-refractivity contribution < 1.29 is 9.53 Å². The molecule has 1 aromatic carbocycles. The molecule has 0 aromatic heterocycles. The summed E-state index contributed by atoms with van der Waals surface area (Å²) >= 11 is 5.99. The van der Waals surface area contributed by atoms with E-state index in [4.69, 9.17) is 22.1 Å². The Morgan fingerprint density at radius 3 is 2.86 bits per heavy atom. The molecule has 1 amide bonds. The van der Waals surface area contributed by atoms with Crippen LogP contribution in [0.5, 0.6) is 5.75 Å². The molecule has 0 aliphatic carbocycles. The maximum atomic E-state index is 12.5. The van der Waals surface area contributed by atoms with Crippen LogP contribution in [0.3, 0.4) is 0 Å². The summed E-state index contributed by atoms with van der Waals surface area (Å²) in [6.07, 6.45) is 2.64. The van der Waals surface area contributed by atoms with Crippen molar-refractivity contribution in [3.05, 3.63) is 28.8 Å². The summed E-state index contributed by atoms with van der Waals surface area (Å²) in [5.41, 5.74) is 6.71. The Morgan fingerprint density at radius 1 is 1.50 bits per heavy atom. The van der Waals surface area contributed by atoms with Crippen molar-refractivity contribution >= 4 is 29.9 Å². The SMILES string of the molecule is Cc1cc(OC(C)C(=O)N2CCCCC2CN)ccc1Cl.Cl. The Kier molecular flexibility index (Phi) is 7.46. The quantitative estimate of drug-likeness (QED) is 0.910. The molecule has 0 spiro atoms. The van der Waals surface area contributed by atoms with Crippen LogP contribution in [0, 0.1) is 6.92 Å². The van der Waals surface area contributed by atoms with Crippen LogP contribution >= 0.6 is 24.0 Å². The zero-order valence-corrected chi connectivity index (χ0v) is 14.6. The first-order valence-electron chi connectivity index (χ1n) is 7.46. The normalized spacial score (nSPS) is 19.3. The van der Waals surface area contributed by atoms with Crippen LogP contribution in [0.2, 0.25) is 5.02 Å². The summed E-state index contributed by atoms with van der Waals surface area (Å²) < 4.78 is 5.77. The number of hydrogen-bond donors (Lipinski definition) is 1. The van der Waals surface area contributed by atoms with Gasteiger partial charge in [-0.1, -0.05) is 11.6 Å². The lowest BCUT2D eigenvalue weighted by Crippen LogP contribution is -2.51. The largest absolute Gasteiger partial charge is 0.481 e. The van der Waals surface area contributed by atoms with E-state index in [0.717, 1.165) is 31.4 Å². The van der Waals surface area contributed by atoms with Gasteiger partial charge in [0.2, 0.25) is 0 Å². The van der Waals surface area contributed by atoms with Crippen molar-refractivity contribution in [3.63, 3.8) is 0 Å². The number of likely N-dealkylation sites (tertiary alicyclic amines) is 1. The molecule has 1 heterocycles. The molecule has 1 aliphatic rings. The number of piperidine rings is 1. The van der Waals surface area contributed by atoms with Crippen molar-refractivity contribution in [2.45, 2.75) is 45.3 Å². The number of amides is 1. The lowest BCUT2D eigenvalue weighted by molar-refractivity contribution is -0.141. The lowest BCUT2D eigenvalue weighted by Gasteiger charge is -2.36. The number of carbonyl (C=O) groups is 1. The average Bonchev–Trinajstić information content (AvgIpc) is 2.50. The van der Waals surface area contributed by atoms with Crippen molar-refractivity contribution in [2.75, 3.05) is 13.1 Å². The zero-order chi connectivity index (χ0) is 15.4. The molecule has 22 heavy (non-hydrogen) atoms. The molecule has 1 aliphatic heterocycles. The standard InChI is InChI=1S/C16H23ClN2O2.ClH/c1-11-9-14(6-7-15(11)17)21-12(2)16(20)19-8-4-3-5-13(19)10-18;/h6-7,9,12-13H,3-5,8,10,18H2,1-2H3;1H. The van der Waals surface area contributed by atoms with Crippen LogP contribution in [0.25, 0.3) is 0 Å². The molecular formula is C16H24Cl2N2O2. The monoisotopic (exact) mass is 346 g/mol. The molecule has 2 rings (SSSR count). The zero-order valence-electron chi connectivity index (χ0n) is 13.0. The van der Waals surface area contributed by atoms with Gasteiger partial charge in [-0.3, -0.25) is 4.79 Å². The first kappa shape index (κ1) is 19.1. The third-order valence-electron chi connectivity index (χ3n) is 3.97. The Hall–Kier alpha value is -0.970. The predicted octanol–water partition coefficient (Wildman–Crippen LogP) is 3.18. The van der Waals surface area contributed by atoms with Gasteiger partial charge in [-0.25, -0.2) is 0 Å². The topological polar surface area (TPSA) is 55.6 Å². The van der Waals surface area contributed by atoms with Crippen LogP contribution in [0.4, 0.5) is 0 Å². The number of benzene rings is 1. The van der Waals surface area contributed by atoms with Crippen molar-refractivity contribution in [1.82, 2.24) is 4.90 Å². The van der Waals surface area contributed by atoms with Crippen molar-refractivity contribution in [2.24, 2.45) is 5.73 Å². The minimum atomic E-state index is -0.516. The molecule has 1 saturated heterocycles. The number of rotatable bonds is 4. The highest BCUT2D eigenvalue weighted by Crippen LogP contribution is 2.23. The van der Waals surface area contributed by atoms with E-state index < -0.39 is 6.10 Å². The van der Waals surface area contributed by atoms with E-state index in [1.807, 2.05) is 17.9 Å². The molecule has 124 valence electrons. The Labute approximate surface area is 143 Å². The van der Waals surface area contributed by atoms with Crippen LogP contribution in [0.1, 0.15) is 31.7 Å². The highest BCUT2D eigenvalue weighted by Gasteiger charge is 2.29. The average molecular weight is 347 g/mol. The fraction of sp³-hybridized carbons (Fsp3) is 0.562. The third kappa shape index (κ3) is 4.51. The van der Waals surface area contributed by atoms with Crippen LogP contribution in [-0.4, -0.2) is 36.0 Å². The second kappa shape index (κ2) is 8.61. The summed E-state index contributed by atoms with van der Waals surface area (Å²) in [7, 11) is 0. The van der Waals surface area contributed by atoms with E-state index in [-0.39, 0.29) is 24.4 Å². The highest BCUT2D eigenvalue weighted by molar-refractivity contribution is 6.31. The predicted molar refractivity (Wildman–Crippen MR) is 91.9 cm³/mol. The van der Waals surface area contributed by atoms with Gasteiger partial charge in [-0.2, -0.15) is 0 Å². The Morgan fingerprint density at radius 2 is 2.23 bits per heavy atom. The van der Waals surface area contributed by atoms with Gasteiger partial charge >= 0.3 is 0 Å². The van der Waals surface area contributed by atoms with Gasteiger partial charge in [-0.15, -0.1) is 12.4 Å². The maximum Gasteiger partial charge on any atom is 0.263 e. The van der Waals surface area contributed by atoms with Gasteiger partial charge in [-0.05, 0) is 56.9 Å². The van der Waals surface area contributed by atoms with Crippen LogP contribution < -0.4 is 10.5 Å². The van der Waals surface area contributed by atoms with Crippen molar-refractivity contribution in [1.29, 1.82) is 0 Å². The second-order valence-corrected chi connectivity index (χ2v) is 6.00. The number of nitrogens with two attached hydrogens (primary N) is 1. The van der Waals surface area contributed by atoms with Gasteiger partial charge in [0.1, 0.15) is 5.75 Å². The molecule has 1 fully saturated rings. The van der Waals surface area contributed by atoms with E-state index in [9.17, 15) is 4.79 Å². The maximum absolute atomic E-state index is 12.5. The fourth-order valence-corrected chi connectivity index (χ4v) is 2.83. The van der Waals surface area contributed by atoms with E-state index in [0.29, 0.717) is 17.3 Å². The molecular weight excluding hydrogens is 323 g/mol. The molecule has 1 aromatic rings. The minimum absolute atomic E-state index is 0. The molecule has 2 unspecified atom stereocenters. The Bertz CT molecular complexity index is 511. The molecule has 0 radical (unpaired) electrons. The van der Waals surface area contributed by atoms with Crippen molar-refractivity contribution in [3.8, 4) is 5.75 Å². The number of ether oxygens (including phenoxy) is 1. The molecule has 2 N–H and O–H groups in total. The number of hydrogen-bond acceptors (Lipinski definition) is 3.